The molecule has 0 aliphatic heterocycles. The van der Waals surface area contributed by atoms with E-state index in [1.165, 1.54) is 12.1 Å². The highest BCUT2D eigenvalue weighted by Crippen LogP contribution is 2.33. The lowest BCUT2D eigenvalue weighted by molar-refractivity contribution is -0.137. The molecule has 0 aromatic heterocycles. The van der Waals surface area contributed by atoms with Crippen molar-refractivity contribution in [1.29, 1.82) is 0 Å². The van der Waals surface area contributed by atoms with Crippen molar-refractivity contribution in [2.75, 3.05) is 5.73 Å². The van der Waals surface area contributed by atoms with E-state index in [9.17, 15) is 13.2 Å². The molecule has 0 saturated carbocycles. The maximum atomic E-state index is 12.4. The third kappa shape index (κ3) is 3.41. The van der Waals surface area contributed by atoms with Crippen molar-refractivity contribution in [3.8, 4) is 11.5 Å². The molecule has 0 spiro atoms. The van der Waals surface area contributed by atoms with Gasteiger partial charge in [-0.15, -0.1) is 0 Å². The number of ether oxygens (including phenoxy) is 1. The Hall–Kier alpha value is -1.69. The number of rotatable bonds is 2. The second-order valence-corrected chi connectivity index (χ2v) is 4.72. The summed E-state index contributed by atoms with van der Waals surface area (Å²) in [7, 11) is 0. The Morgan fingerprint density at radius 2 is 1.63 bits per heavy atom. The molecule has 0 radical (unpaired) electrons. The van der Waals surface area contributed by atoms with Gasteiger partial charge in [0.15, 0.2) is 5.75 Å². The molecule has 2 aromatic carbocycles. The summed E-state index contributed by atoms with van der Waals surface area (Å²) in [6.07, 6.45) is -4.35. The largest absolute Gasteiger partial charge is 0.455 e. The lowest BCUT2D eigenvalue weighted by Crippen LogP contribution is -2.04. The average molecular weight is 332 g/mol. The average Bonchev–Trinajstić information content (AvgIpc) is 2.33. The van der Waals surface area contributed by atoms with E-state index in [1.54, 1.807) is 18.2 Å². The molecule has 2 aromatic rings. The molecule has 0 amide bonds. The molecule has 0 unspecified atom stereocenters. The Labute approximate surface area is 116 Å². The van der Waals surface area contributed by atoms with E-state index in [0.717, 1.165) is 16.6 Å². The fourth-order valence-corrected chi connectivity index (χ4v) is 1.78. The second kappa shape index (κ2) is 5.13. The van der Waals surface area contributed by atoms with Gasteiger partial charge in [-0.2, -0.15) is 13.2 Å². The lowest BCUT2D eigenvalue weighted by atomic mass is 10.2. The summed E-state index contributed by atoms with van der Waals surface area (Å²) in [5, 5.41) is 0. The van der Waals surface area contributed by atoms with Gasteiger partial charge in [0.05, 0.1) is 11.3 Å². The van der Waals surface area contributed by atoms with Gasteiger partial charge in [-0.25, -0.2) is 0 Å². The van der Waals surface area contributed by atoms with E-state index >= 15 is 0 Å². The van der Waals surface area contributed by atoms with Crippen molar-refractivity contribution in [3.63, 3.8) is 0 Å². The van der Waals surface area contributed by atoms with Gasteiger partial charge in [-0.05, 0) is 42.5 Å². The van der Waals surface area contributed by atoms with Gasteiger partial charge < -0.3 is 10.5 Å². The minimum Gasteiger partial charge on any atom is -0.455 e. The quantitative estimate of drug-likeness (QED) is 0.799. The van der Waals surface area contributed by atoms with Crippen LogP contribution < -0.4 is 10.5 Å². The molecule has 19 heavy (non-hydrogen) atoms. The molecular weight excluding hydrogens is 323 g/mol. The molecular formula is C13H9BrF3NO. The van der Waals surface area contributed by atoms with E-state index in [2.05, 4.69) is 15.9 Å². The zero-order valence-corrected chi connectivity index (χ0v) is 11.1. The molecule has 2 N–H and O–H groups in total. The van der Waals surface area contributed by atoms with Crippen LogP contribution in [0.4, 0.5) is 18.9 Å². The Morgan fingerprint density at radius 3 is 2.21 bits per heavy atom. The van der Waals surface area contributed by atoms with E-state index < -0.39 is 11.7 Å². The van der Waals surface area contributed by atoms with Gasteiger partial charge in [0.25, 0.3) is 0 Å². The molecule has 0 saturated heterocycles. The summed E-state index contributed by atoms with van der Waals surface area (Å²) < 4.78 is 43.4. The van der Waals surface area contributed by atoms with Crippen LogP contribution >= 0.6 is 15.9 Å². The summed E-state index contributed by atoms with van der Waals surface area (Å²) in [6, 6.07) is 9.46. The summed E-state index contributed by atoms with van der Waals surface area (Å²) in [4.78, 5) is 0. The van der Waals surface area contributed by atoms with E-state index in [1.807, 2.05) is 0 Å². The van der Waals surface area contributed by atoms with Crippen molar-refractivity contribution < 1.29 is 17.9 Å². The Bertz CT molecular complexity index is 581. The maximum absolute atomic E-state index is 12.4. The smallest absolute Gasteiger partial charge is 0.416 e. The van der Waals surface area contributed by atoms with Crippen molar-refractivity contribution in [2.24, 2.45) is 0 Å². The molecule has 0 aliphatic carbocycles. The normalized spacial score (nSPS) is 11.4. The first-order valence-corrected chi connectivity index (χ1v) is 6.06. The fourth-order valence-electron chi connectivity index (χ4n) is 1.44. The van der Waals surface area contributed by atoms with Crippen molar-refractivity contribution in [1.82, 2.24) is 0 Å². The van der Waals surface area contributed by atoms with Gasteiger partial charge in [-0.1, -0.05) is 15.9 Å². The number of anilines is 1. The van der Waals surface area contributed by atoms with Crippen molar-refractivity contribution in [3.05, 3.63) is 52.5 Å². The molecule has 0 bridgehead atoms. The first kappa shape index (κ1) is 13.7. The third-order valence-corrected chi connectivity index (χ3v) is 2.88. The van der Waals surface area contributed by atoms with Crippen LogP contribution in [0.15, 0.2) is 46.9 Å². The highest BCUT2D eigenvalue weighted by atomic mass is 79.9. The number of nitrogens with two attached hydrogens (primary N) is 1. The molecule has 6 heteroatoms. The SMILES string of the molecule is Nc1ccc(Br)cc1Oc1ccc(C(F)(F)F)cc1. The maximum Gasteiger partial charge on any atom is 0.416 e. The Balaban J connectivity index is 2.22. The van der Waals surface area contributed by atoms with Crippen LogP contribution in [0.5, 0.6) is 11.5 Å². The van der Waals surface area contributed by atoms with Crippen LogP contribution in [-0.4, -0.2) is 0 Å². The molecule has 2 nitrogen and oxygen atoms in total. The summed E-state index contributed by atoms with van der Waals surface area (Å²) >= 11 is 3.26. The van der Waals surface area contributed by atoms with E-state index in [0.29, 0.717) is 11.4 Å². The summed E-state index contributed by atoms with van der Waals surface area (Å²) in [6.45, 7) is 0. The number of benzene rings is 2. The van der Waals surface area contributed by atoms with E-state index in [4.69, 9.17) is 10.5 Å². The second-order valence-electron chi connectivity index (χ2n) is 3.81. The molecule has 2 rings (SSSR count). The monoisotopic (exact) mass is 331 g/mol. The van der Waals surface area contributed by atoms with Gasteiger partial charge >= 0.3 is 6.18 Å². The predicted molar refractivity (Wildman–Crippen MR) is 70.1 cm³/mol. The standard InChI is InChI=1S/C13H9BrF3NO/c14-9-3-6-11(18)12(7-9)19-10-4-1-8(2-5-10)13(15,16)17/h1-7H,18H2. The molecule has 0 aliphatic rings. The van der Waals surface area contributed by atoms with Crippen molar-refractivity contribution >= 4 is 21.6 Å². The Morgan fingerprint density at radius 1 is 1.00 bits per heavy atom. The van der Waals surface area contributed by atoms with Crippen LogP contribution in [0, 0.1) is 0 Å². The highest BCUT2D eigenvalue weighted by Gasteiger charge is 2.30. The summed E-state index contributed by atoms with van der Waals surface area (Å²) in [5.74, 6) is 0.673. The predicted octanol–water partition coefficient (Wildman–Crippen LogP) is 4.84. The number of alkyl halides is 3. The van der Waals surface area contributed by atoms with E-state index in [-0.39, 0.29) is 5.75 Å². The Kier molecular flexibility index (Phi) is 3.71. The van der Waals surface area contributed by atoms with Crippen LogP contribution in [0.25, 0.3) is 0 Å². The first-order valence-electron chi connectivity index (χ1n) is 5.26. The highest BCUT2D eigenvalue weighted by molar-refractivity contribution is 9.10. The number of hydrogen-bond donors (Lipinski definition) is 1. The minimum atomic E-state index is -4.35. The van der Waals surface area contributed by atoms with Gasteiger partial charge in [0, 0.05) is 4.47 Å². The van der Waals surface area contributed by atoms with Gasteiger partial charge in [0.2, 0.25) is 0 Å². The fraction of sp³-hybridized carbons (Fsp3) is 0.0769. The third-order valence-electron chi connectivity index (χ3n) is 2.39. The number of hydrogen-bond acceptors (Lipinski definition) is 2. The molecule has 0 fully saturated rings. The number of halogens is 4. The molecule has 0 heterocycles. The molecule has 100 valence electrons. The van der Waals surface area contributed by atoms with Crippen molar-refractivity contribution in [2.45, 2.75) is 6.18 Å². The van der Waals surface area contributed by atoms with Crippen LogP contribution in [0.1, 0.15) is 5.56 Å². The van der Waals surface area contributed by atoms with Crippen LogP contribution in [-0.2, 0) is 6.18 Å². The minimum absolute atomic E-state index is 0.290. The zero-order valence-electron chi connectivity index (χ0n) is 9.54. The lowest BCUT2D eigenvalue weighted by Gasteiger charge is -2.10. The van der Waals surface area contributed by atoms with Crippen LogP contribution in [0.2, 0.25) is 0 Å². The molecule has 0 atom stereocenters. The number of nitrogen functional groups attached to an aromatic ring is 1. The van der Waals surface area contributed by atoms with Gasteiger partial charge in [-0.3, -0.25) is 0 Å². The van der Waals surface area contributed by atoms with Crippen LogP contribution in [0.3, 0.4) is 0 Å². The summed E-state index contributed by atoms with van der Waals surface area (Å²) in [5.41, 5.74) is 5.40. The topological polar surface area (TPSA) is 35.2 Å². The van der Waals surface area contributed by atoms with Gasteiger partial charge in [0.1, 0.15) is 5.75 Å². The first-order chi connectivity index (χ1) is 8.86. The zero-order chi connectivity index (χ0) is 14.0.